The molecule has 2 atom stereocenters. The number of hydrogen-bond donors (Lipinski definition) is 2. The molecule has 5 nitrogen and oxygen atoms in total. The summed E-state index contributed by atoms with van der Waals surface area (Å²) in [6.45, 7) is 3.99. The normalized spacial score (nSPS) is 21.1. The van der Waals surface area contributed by atoms with E-state index < -0.39 is 11.6 Å². The van der Waals surface area contributed by atoms with E-state index in [1.165, 1.54) is 25.3 Å². The molecule has 168 valence electrons. The first-order chi connectivity index (χ1) is 14.0. The minimum atomic E-state index is -0.833. The Bertz CT molecular complexity index is 740. The van der Waals surface area contributed by atoms with Crippen LogP contribution in [-0.2, 0) is 4.79 Å². The zero-order valence-electron chi connectivity index (χ0n) is 17.8. The van der Waals surface area contributed by atoms with Crippen LogP contribution in [0.3, 0.4) is 0 Å². The molecule has 8 heteroatoms. The summed E-state index contributed by atoms with van der Waals surface area (Å²) < 4.78 is 26.6. The van der Waals surface area contributed by atoms with Crippen molar-refractivity contribution in [2.24, 2.45) is 10.9 Å². The number of likely N-dealkylation sites (tertiary alicyclic amines) is 1. The number of carbonyl (C=O) groups is 1. The van der Waals surface area contributed by atoms with Crippen LogP contribution >= 0.6 is 24.0 Å². The lowest BCUT2D eigenvalue weighted by Crippen LogP contribution is -2.46. The Hall–Kier alpha value is -1.45. The van der Waals surface area contributed by atoms with Gasteiger partial charge in [0.1, 0.15) is 0 Å². The molecule has 1 aromatic carbocycles. The van der Waals surface area contributed by atoms with Crippen LogP contribution < -0.4 is 10.6 Å². The molecule has 1 aliphatic carbocycles. The fraction of sp³-hybridized carbons (Fsp3) is 0.636. The van der Waals surface area contributed by atoms with Crippen molar-refractivity contribution in [3.05, 3.63) is 35.4 Å². The van der Waals surface area contributed by atoms with E-state index in [0.717, 1.165) is 37.4 Å². The fourth-order valence-electron chi connectivity index (χ4n) is 4.26. The zero-order valence-corrected chi connectivity index (χ0v) is 20.1. The van der Waals surface area contributed by atoms with Gasteiger partial charge in [-0.15, -0.1) is 24.0 Å². The van der Waals surface area contributed by atoms with Gasteiger partial charge >= 0.3 is 0 Å². The number of guanidine groups is 1. The minimum absolute atomic E-state index is 0. The predicted molar refractivity (Wildman–Crippen MR) is 126 cm³/mol. The molecule has 1 aliphatic heterocycles. The number of benzene rings is 1. The summed E-state index contributed by atoms with van der Waals surface area (Å²) in [7, 11) is 1.71. The Balaban J connectivity index is 0.00000320. The van der Waals surface area contributed by atoms with Crippen LogP contribution in [0, 0.1) is 17.6 Å². The van der Waals surface area contributed by atoms with Crippen molar-refractivity contribution in [3.8, 4) is 0 Å². The van der Waals surface area contributed by atoms with Crippen molar-refractivity contribution in [2.75, 3.05) is 26.7 Å². The molecule has 2 unspecified atom stereocenters. The average Bonchev–Trinajstić information content (AvgIpc) is 3.21. The Morgan fingerprint density at radius 3 is 2.60 bits per heavy atom. The standard InChI is InChI=1S/C22H32F2N4O.HI/c1-15(17-8-9-19(23)20(24)12-17)13-26-22(25-2)27-18-10-11-28(14-18)21(29)16-6-4-3-5-7-16;/h8-9,12,15-16,18H,3-7,10-11,13-14H2,1-2H3,(H2,25,26,27);1H. The molecule has 1 aromatic rings. The maximum absolute atomic E-state index is 13.4. The average molecular weight is 534 g/mol. The summed E-state index contributed by atoms with van der Waals surface area (Å²) in [5, 5.41) is 6.65. The largest absolute Gasteiger partial charge is 0.356 e. The van der Waals surface area contributed by atoms with Gasteiger partial charge in [0.15, 0.2) is 17.6 Å². The van der Waals surface area contributed by atoms with E-state index in [1.54, 1.807) is 13.1 Å². The Labute approximate surface area is 195 Å². The lowest BCUT2D eigenvalue weighted by atomic mass is 9.88. The molecule has 0 bridgehead atoms. The molecule has 1 heterocycles. The monoisotopic (exact) mass is 534 g/mol. The quantitative estimate of drug-likeness (QED) is 0.341. The van der Waals surface area contributed by atoms with E-state index in [-0.39, 0.29) is 41.9 Å². The predicted octanol–water partition coefficient (Wildman–Crippen LogP) is 4.03. The number of nitrogens with one attached hydrogen (secondary N) is 2. The SMILES string of the molecule is CN=C(NCC(C)c1ccc(F)c(F)c1)NC1CCN(C(=O)C2CCCCC2)C1.I. The van der Waals surface area contributed by atoms with Crippen LogP contribution in [0.4, 0.5) is 8.78 Å². The number of halogens is 3. The number of carbonyl (C=O) groups excluding carboxylic acids is 1. The van der Waals surface area contributed by atoms with E-state index in [0.29, 0.717) is 25.0 Å². The van der Waals surface area contributed by atoms with Crippen LogP contribution in [0.15, 0.2) is 23.2 Å². The van der Waals surface area contributed by atoms with Gasteiger partial charge in [-0.1, -0.05) is 32.3 Å². The van der Waals surface area contributed by atoms with Gasteiger partial charge in [0.05, 0.1) is 0 Å². The molecule has 2 N–H and O–H groups in total. The summed E-state index contributed by atoms with van der Waals surface area (Å²) >= 11 is 0. The second kappa shape index (κ2) is 11.8. The van der Waals surface area contributed by atoms with Gasteiger partial charge in [-0.3, -0.25) is 9.79 Å². The van der Waals surface area contributed by atoms with Crippen molar-refractivity contribution in [2.45, 2.75) is 57.4 Å². The minimum Gasteiger partial charge on any atom is -0.356 e. The molecular weight excluding hydrogens is 501 g/mol. The van der Waals surface area contributed by atoms with Gasteiger partial charge < -0.3 is 15.5 Å². The highest BCUT2D eigenvalue weighted by atomic mass is 127. The number of amides is 1. The van der Waals surface area contributed by atoms with Gasteiger partial charge in [-0.25, -0.2) is 8.78 Å². The van der Waals surface area contributed by atoms with E-state index in [2.05, 4.69) is 15.6 Å². The molecule has 0 radical (unpaired) electrons. The van der Waals surface area contributed by atoms with E-state index in [4.69, 9.17) is 0 Å². The van der Waals surface area contributed by atoms with Crippen LogP contribution in [0.2, 0.25) is 0 Å². The molecular formula is C22H33F2IN4O. The van der Waals surface area contributed by atoms with Crippen LogP contribution in [0.1, 0.15) is 56.9 Å². The second-order valence-corrected chi connectivity index (χ2v) is 8.28. The third-order valence-corrected chi connectivity index (χ3v) is 6.11. The second-order valence-electron chi connectivity index (χ2n) is 8.28. The summed E-state index contributed by atoms with van der Waals surface area (Å²) in [4.78, 5) is 19.0. The van der Waals surface area contributed by atoms with Crippen molar-refractivity contribution >= 4 is 35.8 Å². The Kier molecular flexibility index (Phi) is 9.77. The van der Waals surface area contributed by atoms with Gasteiger partial charge in [-0.05, 0) is 42.9 Å². The van der Waals surface area contributed by atoms with E-state index in [1.807, 2.05) is 11.8 Å². The first kappa shape index (κ1) is 24.8. The van der Waals surface area contributed by atoms with Gasteiger partial charge in [0.2, 0.25) is 5.91 Å². The first-order valence-electron chi connectivity index (χ1n) is 10.7. The smallest absolute Gasteiger partial charge is 0.225 e. The molecule has 1 amide bonds. The van der Waals surface area contributed by atoms with Gasteiger partial charge in [-0.2, -0.15) is 0 Å². The van der Waals surface area contributed by atoms with E-state index in [9.17, 15) is 13.6 Å². The lowest BCUT2D eigenvalue weighted by Gasteiger charge is -2.26. The Morgan fingerprint density at radius 2 is 1.93 bits per heavy atom. The highest BCUT2D eigenvalue weighted by Crippen LogP contribution is 2.26. The number of hydrogen-bond acceptors (Lipinski definition) is 2. The number of aliphatic imine (C=N–C) groups is 1. The fourth-order valence-corrected chi connectivity index (χ4v) is 4.26. The Morgan fingerprint density at radius 1 is 1.20 bits per heavy atom. The lowest BCUT2D eigenvalue weighted by molar-refractivity contribution is -0.135. The maximum atomic E-state index is 13.4. The van der Waals surface area contributed by atoms with Crippen molar-refractivity contribution in [1.82, 2.24) is 15.5 Å². The molecule has 2 fully saturated rings. The van der Waals surface area contributed by atoms with E-state index >= 15 is 0 Å². The first-order valence-corrected chi connectivity index (χ1v) is 10.7. The summed E-state index contributed by atoms with van der Waals surface area (Å²) in [6.07, 6.45) is 6.53. The highest BCUT2D eigenvalue weighted by molar-refractivity contribution is 14.0. The number of nitrogens with zero attached hydrogens (tertiary/aromatic N) is 2. The summed E-state index contributed by atoms with van der Waals surface area (Å²) in [5.74, 6) is -0.487. The van der Waals surface area contributed by atoms with Crippen LogP contribution in [0.5, 0.6) is 0 Å². The van der Waals surface area contributed by atoms with Gasteiger partial charge in [0.25, 0.3) is 0 Å². The molecule has 3 rings (SSSR count). The molecule has 0 aromatic heterocycles. The molecule has 1 saturated carbocycles. The molecule has 30 heavy (non-hydrogen) atoms. The summed E-state index contributed by atoms with van der Waals surface area (Å²) in [6, 6.07) is 4.17. The molecule has 1 saturated heterocycles. The summed E-state index contributed by atoms with van der Waals surface area (Å²) in [5.41, 5.74) is 0.733. The van der Waals surface area contributed by atoms with Crippen LogP contribution in [0.25, 0.3) is 0 Å². The third-order valence-electron chi connectivity index (χ3n) is 6.11. The van der Waals surface area contributed by atoms with Crippen molar-refractivity contribution in [3.63, 3.8) is 0 Å². The van der Waals surface area contributed by atoms with Gasteiger partial charge in [0, 0.05) is 38.6 Å². The highest BCUT2D eigenvalue weighted by Gasteiger charge is 2.31. The third kappa shape index (κ3) is 6.52. The molecule has 0 spiro atoms. The van der Waals surface area contributed by atoms with Crippen LogP contribution in [-0.4, -0.2) is 49.5 Å². The van der Waals surface area contributed by atoms with Crippen molar-refractivity contribution in [1.29, 1.82) is 0 Å². The number of rotatable bonds is 5. The van der Waals surface area contributed by atoms with Crippen molar-refractivity contribution < 1.29 is 13.6 Å². The maximum Gasteiger partial charge on any atom is 0.225 e. The molecule has 2 aliphatic rings. The topological polar surface area (TPSA) is 56.7 Å². The zero-order chi connectivity index (χ0) is 20.8.